The Hall–Kier alpha value is -1.05. The Morgan fingerprint density at radius 1 is 1.50 bits per heavy atom. The molecule has 1 atom stereocenters. The Morgan fingerprint density at radius 3 is 2.75 bits per heavy atom. The number of nitrogen functional groups attached to an aromatic ring is 1. The highest BCUT2D eigenvalue weighted by Crippen LogP contribution is 2.18. The first-order valence-electron chi connectivity index (χ1n) is 5.14. The van der Waals surface area contributed by atoms with Crippen LogP contribution < -0.4 is 5.73 Å². The SMILES string of the molecule is CC(C#N)CN(C)Cc1cc(N)cc(Br)c1. The molecular weight excluding hydrogens is 266 g/mol. The summed E-state index contributed by atoms with van der Waals surface area (Å²) in [6.07, 6.45) is 0. The zero-order valence-corrected chi connectivity index (χ0v) is 11.2. The van der Waals surface area contributed by atoms with Crippen molar-refractivity contribution in [1.29, 1.82) is 5.26 Å². The average Bonchev–Trinajstić information content (AvgIpc) is 2.15. The zero-order chi connectivity index (χ0) is 12.1. The van der Waals surface area contributed by atoms with Gasteiger partial charge in [0.25, 0.3) is 0 Å². The second kappa shape index (κ2) is 5.88. The van der Waals surface area contributed by atoms with Crippen LogP contribution in [-0.2, 0) is 6.54 Å². The van der Waals surface area contributed by atoms with Gasteiger partial charge in [0, 0.05) is 23.2 Å². The van der Waals surface area contributed by atoms with Crippen molar-refractivity contribution >= 4 is 21.6 Å². The van der Waals surface area contributed by atoms with Crippen molar-refractivity contribution in [2.75, 3.05) is 19.3 Å². The number of rotatable bonds is 4. The van der Waals surface area contributed by atoms with Crippen LogP contribution in [0, 0.1) is 17.2 Å². The highest BCUT2D eigenvalue weighted by Gasteiger charge is 2.06. The highest BCUT2D eigenvalue weighted by molar-refractivity contribution is 9.10. The third kappa shape index (κ3) is 4.21. The van der Waals surface area contributed by atoms with E-state index in [4.69, 9.17) is 11.0 Å². The highest BCUT2D eigenvalue weighted by atomic mass is 79.9. The maximum atomic E-state index is 8.73. The third-order valence-electron chi connectivity index (χ3n) is 2.24. The van der Waals surface area contributed by atoms with Crippen LogP contribution in [0.15, 0.2) is 22.7 Å². The van der Waals surface area contributed by atoms with Crippen molar-refractivity contribution in [3.8, 4) is 6.07 Å². The molecule has 0 aromatic heterocycles. The lowest BCUT2D eigenvalue weighted by atomic mass is 10.1. The normalized spacial score (nSPS) is 12.4. The van der Waals surface area contributed by atoms with Gasteiger partial charge in [-0.25, -0.2) is 0 Å². The van der Waals surface area contributed by atoms with E-state index in [1.165, 1.54) is 0 Å². The Bertz CT molecular complexity index is 377. The molecule has 0 aliphatic carbocycles. The van der Waals surface area contributed by atoms with Gasteiger partial charge in [-0.1, -0.05) is 15.9 Å². The lowest BCUT2D eigenvalue weighted by Gasteiger charge is -2.18. The summed E-state index contributed by atoms with van der Waals surface area (Å²) >= 11 is 3.42. The minimum Gasteiger partial charge on any atom is -0.399 e. The van der Waals surface area contributed by atoms with Gasteiger partial charge in [-0.2, -0.15) is 5.26 Å². The number of hydrogen-bond donors (Lipinski definition) is 1. The summed E-state index contributed by atoms with van der Waals surface area (Å²) in [6.45, 7) is 3.49. The molecule has 1 aromatic rings. The maximum Gasteiger partial charge on any atom is 0.0666 e. The van der Waals surface area contributed by atoms with Crippen LogP contribution in [0.25, 0.3) is 0 Å². The summed E-state index contributed by atoms with van der Waals surface area (Å²) in [5.74, 6) is 0.0505. The number of nitriles is 1. The van der Waals surface area contributed by atoms with Gasteiger partial charge in [-0.15, -0.1) is 0 Å². The predicted octanol–water partition coefficient (Wildman–Crippen LogP) is 2.62. The van der Waals surface area contributed by atoms with Crippen molar-refractivity contribution in [1.82, 2.24) is 4.90 Å². The van der Waals surface area contributed by atoms with E-state index in [0.717, 1.165) is 28.8 Å². The lowest BCUT2D eigenvalue weighted by Crippen LogP contribution is -2.23. The molecule has 16 heavy (non-hydrogen) atoms. The smallest absolute Gasteiger partial charge is 0.0666 e. The molecular formula is C12H16BrN3. The molecule has 0 saturated carbocycles. The second-order valence-electron chi connectivity index (χ2n) is 4.12. The Morgan fingerprint density at radius 2 is 2.19 bits per heavy atom. The lowest BCUT2D eigenvalue weighted by molar-refractivity contribution is 0.303. The molecule has 0 fully saturated rings. The van der Waals surface area contributed by atoms with Crippen LogP contribution in [0.4, 0.5) is 5.69 Å². The van der Waals surface area contributed by atoms with E-state index < -0.39 is 0 Å². The summed E-state index contributed by atoms with van der Waals surface area (Å²) in [6, 6.07) is 8.11. The van der Waals surface area contributed by atoms with Crippen LogP contribution in [0.1, 0.15) is 12.5 Å². The van der Waals surface area contributed by atoms with E-state index >= 15 is 0 Å². The number of nitrogens with zero attached hydrogens (tertiary/aromatic N) is 2. The zero-order valence-electron chi connectivity index (χ0n) is 9.57. The monoisotopic (exact) mass is 281 g/mol. The van der Waals surface area contributed by atoms with Crippen LogP contribution in [-0.4, -0.2) is 18.5 Å². The van der Waals surface area contributed by atoms with E-state index in [1.807, 2.05) is 32.2 Å². The van der Waals surface area contributed by atoms with Crippen molar-refractivity contribution in [3.63, 3.8) is 0 Å². The molecule has 0 spiro atoms. The van der Waals surface area contributed by atoms with Crippen LogP contribution in [0.3, 0.4) is 0 Å². The molecule has 0 heterocycles. The third-order valence-corrected chi connectivity index (χ3v) is 2.70. The number of nitrogens with two attached hydrogens (primary N) is 1. The molecule has 0 aliphatic heterocycles. The van der Waals surface area contributed by atoms with E-state index in [0.29, 0.717) is 0 Å². The van der Waals surface area contributed by atoms with Crippen molar-refractivity contribution < 1.29 is 0 Å². The molecule has 1 aromatic carbocycles. The maximum absolute atomic E-state index is 8.73. The number of anilines is 1. The van der Waals surface area contributed by atoms with E-state index in [-0.39, 0.29) is 5.92 Å². The van der Waals surface area contributed by atoms with E-state index in [2.05, 4.69) is 26.9 Å². The van der Waals surface area contributed by atoms with Gasteiger partial charge in [0.2, 0.25) is 0 Å². The van der Waals surface area contributed by atoms with Crippen LogP contribution in [0.5, 0.6) is 0 Å². The molecule has 4 heteroatoms. The summed E-state index contributed by atoms with van der Waals surface area (Å²) in [5, 5.41) is 8.73. The molecule has 0 amide bonds. The topological polar surface area (TPSA) is 53.0 Å². The van der Waals surface area contributed by atoms with Gasteiger partial charge in [0.15, 0.2) is 0 Å². The van der Waals surface area contributed by atoms with Crippen molar-refractivity contribution in [3.05, 3.63) is 28.2 Å². The average molecular weight is 282 g/mol. The molecule has 0 saturated heterocycles. The fraction of sp³-hybridized carbons (Fsp3) is 0.417. The van der Waals surface area contributed by atoms with Gasteiger partial charge in [0.05, 0.1) is 12.0 Å². The van der Waals surface area contributed by atoms with Gasteiger partial charge < -0.3 is 10.6 Å². The quantitative estimate of drug-likeness (QED) is 0.864. The van der Waals surface area contributed by atoms with Crippen LogP contribution in [0.2, 0.25) is 0 Å². The first-order valence-corrected chi connectivity index (χ1v) is 5.93. The largest absolute Gasteiger partial charge is 0.399 e. The minimum absolute atomic E-state index is 0.0505. The molecule has 86 valence electrons. The standard InChI is InChI=1S/C12H16BrN3/c1-9(6-14)7-16(2)8-10-3-11(13)5-12(15)4-10/h3-5,9H,7-8,15H2,1-2H3. The predicted molar refractivity (Wildman–Crippen MR) is 69.7 cm³/mol. The number of hydrogen-bond acceptors (Lipinski definition) is 3. The summed E-state index contributed by atoms with van der Waals surface area (Å²) in [4.78, 5) is 2.12. The Kier molecular flexibility index (Phi) is 4.78. The van der Waals surface area contributed by atoms with Gasteiger partial charge in [0.1, 0.15) is 0 Å². The fourth-order valence-corrected chi connectivity index (χ4v) is 2.21. The van der Waals surface area contributed by atoms with Gasteiger partial charge in [-0.05, 0) is 37.7 Å². The molecule has 1 unspecified atom stereocenters. The van der Waals surface area contributed by atoms with Crippen molar-refractivity contribution in [2.24, 2.45) is 5.92 Å². The summed E-state index contributed by atoms with van der Waals surface area (Å²) < 4.78 is 0.990. The molecule has 0 radical (unpaired) electrons. The molecule has 2 N–H and O–H groups in total. The summed E-state index contributed by atoms with van der Waals surface area (Å²) in [5.41, 5.74) is 7.67. The molecule has 0 bridgehead atoms. The molecule has 1 rings (SSSR count). The number of benzene rings is 1. The fourth-order valence-electron chi connectivity index (χ4n) is 1.65. The molecule has 3 nitrogen and oxygen atoms in total. The minimum atomic E-state index is 0.0505. The first kappa shape index (κ1) is 13.0. The van der Waals surface area contributed by atoms with Crippen LogP contribution >= 0.6 is 15.9 Å². The van der Waals surface area contributed by atoms with Gasteiger partial charge in [-0.3, -0.25) is 0 Å². The van der Waals surface area contributed by atoms with Crippen molar-refractivity contribution in [2.45, 2.75) is 13.5 Å². The molecule has 0 aliphatic rings. The number of halogens is 1. The van der Waals surface area contributed by atoms with E-state index in [1.54, 1.807) is 0 Å². The second-order valence-corrected chi connectivity index (χ2v) is 5.04. The Balaban J connectivity index is 2.63. The van der Waals surface area contributed by atoms with E-state index in [9.17, 15) is 0 Å². The summed E-state index contributed by atoms with van der Waals surface area (Å²) in [7, 11) is 2.00. The van der Waals surface area contributed by atoms with Gasteiger partial charge >= 0.3 is 0 Å². The first-order chi connectivity index (χ1) is 7.51. The Labute approximate surface area is 105 Å².